The van der Waals surface area contributed by atoms with E-state index in [1.165, 1.54) is 0 Å². The van der Waals surface area contributed by atoms with Gasteiger partial charge in [0.2, 0.25) is 0 Å². The molecule has 0 amide bonds. The van der Waals surface area contributed by atoms with Crippen LogP contribution in [0.2, 0.25) is 0 Å². The van der Waals surface area contributed by atoms with Gasteiger partial charge in [0.1, 0.15) is 6.10 Å². The summed E-state index contributed by atoms with van der Waals surface area (Å²) in [5, 5.41) is 0. The maximum atomic E-state index is 12.1. The summed E-state index contributed by atoms with van der Waals surface area (Å²) >= 11 is 0. The molecule has 2 aliphatic rings. The Morgan fingerprint density at radius 3 is 2.65 bits per heavy atom. The number of ether oxygens (including phenoxy) is 4. The van der Waals surface area contributed by atoms with Crippen LogP contribution in [0.4, 0.5) is 0 Å². The van der Waals surface area contributed by atoms with Gasteiger partial charge in [0.25, 0.3) is 0 Å². The Balaban J connectivity index is 1.50. The van der Waals surface area contributed by atoms with Crippen LogP contribution in [-0.2, 0) is 30.3 Å². The topological polar surface area (TPSA) is 54.0 Å². The SMILES string of the molecule is CC1(C)O[C@H]2O[C@H](COCc3ccccc3)C(=O)[C@H]2O1. The van der Waals surface area contributed by atoms with Crippen molar-refractivity contribution in [2.45, 2.75) is 44.7 Å². The van der Waals surface area contributed by atoms with Gasteiger partial charge >= 0.3 is 0 Å². The highest BCUT2D eigenvalue weighted by molar-refractivity contribution is 5.90. The van der Waals surface area contributed by atoms with Crippen molar-refractivity contribution in [3.63, 3.8) is 0 Å². The third-order valence-electron chi connectivity index (χ3n) is 3.33. The molecule has 20 heavy (non-hydrogen) atoms. The molecule has 2 saturated heterocycles. The normalized spacial score (nSPS) is 31.5. The first-order valence-electron chi connectivity index (χ1n) is 6.72. The van der Waals surface area contributed by atoms with Crippen molar-refractivity contribution in [3.8, 4) is 0 Å². The molecule has 0 bridgehead atoms. The Morgan fingerprint density at radius 1 is 1.20 bits per heavy atom. The van der Waals surface area contributed by atoms with Crippen molar-refractivity contribution < 1.29 is 23.7 Å². The molecule has 0 aromatic heterocycles. The minimum Gasteiger partial charge on any atom is -0.374 e. The van der Waals surface area contributed by atoms with Gasteiger partial charge in [-0.3, -0.25) is 4.79 Å². The maximum Gasteiger partial charge on any atom is 0.198 e. The van der Waals surface area contributed by atoms with Crippen molar-refractivity contribution in [1.82, 2.24) is 0 Å². The van der Waals surface area contributed by atoms with E-state index < -0.39 is 24.3 Å². The van der Waals surface area contributed by atoms with Gasteiger partial charge in [-0.15, -0.1) is 0 Å². The lowest BCUT2D eigenvalue weighted by molar-refractivity contribution is -0.209. The molecule has 2 aliphatic heterocycles. The molecule has 0 N–H and O–H groups in total. The van der Waals surface area contributed by atoms with Crippen molar-refractivity contribution in [3.05, 3.63) is 35.9 Å². The summed E-state index contributed by atoms with van der Waals surface area (Å²) in [5.41, 5.74) is 1.06. The van der Waals surface area contributed by atoms with Crippen LogP contribution in [0.3, 0.4) is 0 Å². The van der Waals surface area contributed by atoms with Crippen LogP contribution in [0.5, 0.6) is 0 Å². The van der Waals surface area contributed by atoms with E-state index in [-0.39, 0.29) is 12.4 Å². The summed E-state index contributed by atoms with van der Waals surface area (Å²) in [6.07, 6.45) is -1.84. The molecule has 1 aromatic carbocycles. The highest BCUT2D eigenvalue weighted by atomic mass is 16.8. The Morgan fingerprint density at radius 2 is 1.95 bits per heavy atom. The summed E-state index contributed by atoms with van der Waals surface area (Å²) < 4.78 is 22.1. The summed E-state index contributed by atoms with van der Waals surface area (Å²) in [6.45, 7) is 4.20. The number of carbonyl (C=O) groups excluding carboxylic acids is 1. The summed E-state index contributed by atoms with van der Waals surface area (Å²) in [4.78, 5) is 12.1. The molecule has 3 atom stereocenters. The Labute approximate surface area is 117 Å². The van der Waals surface area contributed by atoms with E-state index in [2.05, 4.69) is 0 Å². The largest absolute Gasteiger partial charge is 0.374 e. The Kier molecular flexibility index (Phi) is 3.60. The molecule has 1 aromatic rings. The molecule has 5 nitrogen and oxygen atoms in total. The summed E-state index contributed by atoms with van der Waals surface area (Å²) in [5.74, 6) is -0.866. The minimum absolute atomic E-state index is 0.103. The van der Waals surface area contributed by atoms with E-state index in [1.807, 2.05) is 30.3 Å². The number of benzene rings is 1. The van der Waals surface area contributed by atoms with Gasteiger partial charge in [-0.25, -0.2) is 0 Å². The number of hydrogen-bond acceptors (Lipinski definition) is 5. The van der Waals surface area contributed by atoms with Crippen molar-refractivity contribution in [1.29, 1.82) is 0 Å². The first-order chi connectivity index (χ1) is 9.55. The molecule has 3 rings (SSSR count). The third-order valence-corrected chi connectivity index (χ3v) is 3.33. The Bertz CT molecular complexity index is 484. The molecule has 5 heteroatoms. The monoisotopic (exact) mass is 278 g/mol. The van der Waals surface area contributed by atoms with Crippen molar-refractivity contribution >= 4 is 5.78 Å². The third kappa shape index (κ3) is 2.76. The van der Waals surface area contributed by atoms with Gasteiger partial charge in [-0.1, -0.05) is 30.3 Å². The van der Waals surface area contributed by atoms with E-state index in [0.29, 0.717) is 6.61 Å². The predicted molar refractivity (Wildman–Crippen MR) is 69.8 cm³/mol. The lowest BCUT2D eigenvalue weighted by Gasteiger charge is -2.19. The highest BCUT2D eigenvalue weighted by Crippen LogP contribution is 2.35. The lowest BCUT2D eigenvalue weighted by atomic mass is 10.2. The molecule has 0 unspecified atom stereocenters. The van der Waals surface area contributed by atoms with E-state index in [9.17, 15) is 4.79 Å². The fourth-order valence-corrected chi connectivity index (χ4v) is 2.41. The molecular formula is C15H18O5. The number of carbonyl (C=O) groups is 1. The molecule has 0 aliphatic carbocycles. The predicted octanol–water partition coefficient (Wildman–Crippen LogP) is 1.65. The van der Waals surface area contributed by atoms with Crippen LogP contribution in [0.25, 0.3) is 0 Å². The fraction of sp³-hybridized carbons (Fsp3) is 0.533. The molecule has 0 saturated carbocycles. The molecular weight excluding hydrogens is 260 g/mol. The second-order valence-electron chi connectivity index (χ2n) is 5.45. The highest BCUT2D eigenvalue weighted by Gasteiger charge is 2.54. The number of rotatable bonds is 4. The van der Waals surface area contributed by atoms with Crippen LogP contribution in [0, 0.1) is 0 Å². The summed E-state index contributed by atoms with van der Waals surface area (Å²) in [6, 6.07) is 9.79. The number of fused-ring (bicyclic) bond motifs is 1. The van der Waals surface area contributed by atoms with Crippen LogP contribution in [0.1, 0.15) is 19.4 Å². The molecule has 0 spiro atoms. The van der Waals surface area contributed by atoms with Gasteiger partial charge in [-0.05, 0) is 19.4 Å². The van der Waals surface area contributed by atoms with Crippen LogP contribution < -0.4 is 0 Å². The van der Waals surface area contributed by atoms with Crippen molar-refractivity contribution in [2.75, 3.05) is 6.61 Å². The average Bonchev–Trinajstić information content (AvgIpc) is 2.86. The molecule has 0 radical (unpaired) electrons. The minimum atomic E-state index is -0.763. The quantitative estimate of drug-likeness (QED) is 0.838. The number of ketones is 1. The van der Waals surface area contributed by atoms with Crippen LogP contribution in [-0.4, -0.2) is 36.7 Å². The summed E-state index contributed by atoms with van der Waals surface area (Å²) in [7, 11) is 0. The van der Waals surface area contributed by atoms with E-state index in [1.54, 1.807) is 13.8 Å². The molecule has 108 valence electrons. The van der Waals surface area contributed by atoms with Gasteiger partial charge < -0.3 is 18.9 Å². The first kappa shape index (κ1) is 13.7. The zero-order valence-corrected chi connectivity index (χ0v) is 11.6. The van der Waals surface area contributed by atoms with Crippen LogP contribution >= 0.6 is 0 Å². The van der Waals surface area contributed by atoms with E-state index in [4.69, 9.17) is 18.9 Å². The van der Waals surface area contributed by atoms with Crippen molar-refractivity contribution in [2.24, 2.45) is 0 Å². The van der Waals surface area contributed by atoms with E-state index in [0.717, 1.165) is 5.56 Å². The molecule has 2 fully saturated rings. The molecule has 2 heterocycles. The lowest BCUT2D eigenvalue weighted by Crippen LogP contribution is -2.32. The van der Waals surface area contributed by atoms with Gasteiger partial charge in [0.05, 0.1) is 13.2 Å². The maximum absolute atomic E-state index is 12.1. The van der Waals surface area contributed by atoms with Gasteiger partial charge in [-0.2, -0.15) is 0 Å². The van der Waals surface area contributed by atoms with Gasteiger partial charge in [0.15, 0.2) is 24.0 Å². The average molecular weight is 278 g/mol. The fourth-order valence-electron chi connectivity index (χ4n) is 2.41. The standard InChI is InChI=1S/C15H18O5/c1-15(2)19-13-12(16)11(18-14(13)20-15)9-17-8-10-6-4-3-5-7-10/h3-7,11,13-14H,8-9H2,1-2H3/t11-,13-,14-/m1/s1. The van der Waals surface area contributed by atoms with E-state index >= 15 is 0 Å². The number of Topliss-reactive ketones (excluding diaryl/α,β-unsaturated/α-hetero) is 1. The second kappa shape index (κ2) is 5.26. The zero-order chi connectivity index (χ0) is 14.2. The van der Waals surface area contributed by atoms with Gasteiger partial charge in [0, 0.05) is 0 Å². The number of hydrogen-bond donors (Lipinski definition) is 0. The first-order valence-corrected chi connectivity index (χ1v) is 6.72. The smallest absolute Gasteiger partial charge is 0.198 e. The Hall–Kier alpha value is -1.27. The second-order valence-corrected chi connectivity index (χ2v) is 5.45. The van der Waals surface area contributed by atoms with Crippen LogP contribution in [0.15, 0.2) is 30.3 Å². The zero-order valence-electron chi connectivity index (χ0n) is 11.6.